The van der Waals surface area contributed by atoms with Crippen molar-refractivity contribution in [1.29, 1.82) is 0 Å². The molecular weight excluding hydrogens is 370 g/mol. The molecule has 0 aliphatic rings. The minimum absolute atomic E-state index is 0.0460. The predicted octanol–water partition coefficient (Wildman–Crippen LogP) is -2.30. The second-order valence-electron chi connectivity index (χ2n) is 5.80. The van der Waals surface area contributed by atoms with Gasteiger partial charge in [0.25, 0.3) is 19.4 Å². The molecule has 0 fully saturated rings. The Hall–Kier alpha value is -1.76. The first-order chi connectivity index (χ1) is 12.3. The molecule has 0 heterocycles. The highest BCUT2D eigenvalue weighted by atomic mass is 32.2. The first kappa shape index (κ1) is 24.2. The molecule has 0 rings (SSSR count). The summed E-state index contributed by atoms with van der Waals surface area (Å²) < 4.78 is 40.4. The Labute approximate surface area is 153 Å². The number of hydrogen-bond donors (Lipinski definition) is 2. The molecule has 0 aromatic rings. The van der Waals surface area contributed by atoms with E-state index in [0.29, 0.717) is 13.0 Å². The number of nitrogens with zero attached hydrogens (tertiary/aromatic N) is 1. The third-order valence-corrected chi connectivity index (χ3v) is 4.64. The van der Waals surface area contributed by atoms with Gasteiger partial charge < -0.3 is 24.4 Å². The van der Waals surface area contributed by atoms with Gasteiger partial charge in [0, 0.05) is 13.1 Å². The molecule has 0 saturated heterocycles. The number of rotatable bonds is 18. The van der Waals surface area contributed by atoms with E-state index in [1.807, 2.05) is 19.0 Å². The Morgan fingerprint density at radius 3 is 1.85 bits per heavy atom. The van der Waals surface area contributed by atoms with Gasteiger partial charge in [-0.25, -0.2) is 13.1 Å². The van der Waals surface area contributed by atoms with Gasteiger partial charge in [0.05, 0.1) is 5.75 Å². The molecule has 0 aromatic heterocycles. The average molecular weight is 397 g/mol. The molecule has 11 nitrogen and oxygen atoms in total. The molecule has 0 radical (unpaired) electrons. The zero-order valence-corrected chi connectivity index (χ0v) is 15.8. The second-order valence-corrected chi connectivity index (χ2v) is 7.73. The molecule has 0 saturated carbocycles. The Balaban J connectivity index is 4.65. The van der Waals surface area contributed by atoms with Crippen LogP contribution in [0.5, 0.6) is 0 Å². The highest BCUT2D eigenvalue weighted by molar-refractivity contribution is 7.89. The van der Waals surface area contributed by atoms with Gasteiger partial charge >= 0.3 is 0 Å². The van der Waals surface area contributed by atoms with Crippen molar-refractivity contribution < 1.29 is 37.0 Å². The molecule has 0 aliphatic heterocycles. The van der Waals surface area contributed by atoms with Crippen LogP contribution in [0.1, 0.15) is 6.42 Å². The molecule has 0 amide bonds. The summed E-state index contributed by atoms with van der Waals surface area (Å²) in [4.78, 5) is 33.3. The van der Waals surface area contributed by atoms with Crippen molar-refractivity contribution in [1.82, 2.24) is 14.9 Å². The maximum atomic E-state index is 12.0. The molecule has 12 heteroatoms. The smallest absolute Gasteiger partial charge is 0.293 e. The summed E-state index contributed by atoms with van der Waals surface area (Å²) in [6.07, 6.45) is 0.664. The highest BCUT2D eigenvalue weighted by Crippen LogP contribution is 2.07. The van der Waals surface area contributed by atoms with Crippen molar-refractivity contribution in [2.24, 2.45) is 0 Å². The lowest BCUT2D eigenvalue weighted by atomic mass is 10.0. The van der Waals surface area contributed by atoms with Crippen LogP contribution in [0, 0.1) is 0 Å². The fourth-order valence-electron chi connectivity index (χ4n) is 2.00. The molecule has 152 valence electrons. The number of nitrogens with one attached hydrogen (secondary N) is 2. The summed E-state index contributed by atoms with van der Waals surface area (Å²) in [5.41, 5.74) is -1.25. The normalized spacial score (nSPS) is 11.8. The van der Waals surface area contributed by atoms with Crippen molar-refractivity contribution in [2.75, 3.05) is 59.3 Å². The summed E-state index contributed by atoms with van der Waals surface area (Å²) in [6.45, 7) is 0.707. The Bertz CT molecular complexity index is 481. The van der Waals surface area contributed by atoms with Crippen molar-refractivity contribution in [2.45, 2.75) is 12.0 Å². The Morgan fingerprint density at radius 1 is 0.923 bits per heavy atom. The monoisotopic (exact) mass is 397 g/mol. The van der Waals surface area contributed by atoms with Crippen LogP contribution in [-0.2, 0) is 38.6 Å². The predicted molar refractivity (Wildman–Crippen MR) is 91.7 cm³/mol. The van der Waals surface area contributed by atoms with E-state index >= 15 is 0 Å². The van der Waals surface area contributed by atoms with Gasteiger partial charge in [-0.3, -0.25) is 14.4 Å². The van der Waals surface area contributed by atoms with E-state index in [0.717, 1.165) is 6.54 Å². The van der Waals surface area contributed by atoms with E-state index in [2.05, 4.69) is 24.2 Å². The Kier molecular flexibility index (Phi) is 12.5. The van der Waals surface area contributed by atoms with Crippen LogP contribution in [0.4, 0.5) is 0 Å². The largest absolute Gasteiger partial charge is 0.466 e. The molecule has 0 atom stereocenters. The van der Waals surface area contributed by atoms with Crippen molar-refractivity contribution in [3.05, 3.63) is 0 Å². The Morgan fingerprint density at radius 2 is 1.42 bits per heavy atom. The van der Waals surface area contributed by atoms with Crippen LogP contribution in [-0.4, -0.2) is 97.6 Å². The topological polar surface area (TPSA) is 140 Å². The van der Waals surface area contributed by atoms with Gasteiger partial charge in [-0.2, -0.15) is 0 Å². The third kappa shape index (κ3) is 11.7. The van der Waals surface area contributed by atoms with Crippen LogP contribution in [0.15, 0.2) is 0 Å². The van der Waals surface area contributed by atoms with Crippen molar-refractivity contribution in [3.63, 3.8) is 0 Å². The van der Waals surface area contributed by atoms with E-state index in [1.165, 1.54) is 0 Å². The van der Waals surface area contributed by atoms with Crippen LogP contribution < -0.4 is 10.0 Å². The van der Waals surface area contributed by atoms with Crippen LogP contribution in [0.3, 0.4) is 0 Å². The lowest BCUT2D eigenvalue weighted by Crippen LogP contribution is -2.57. The van der Waals surface area contributed by atoms with E-state index < -0.39 is 15.6 Å². The second kappa shape index (κ2) is 13.4. The van der Waals surface area contributed by atoms with Crippen molar-refractivity contribution in [3.8, 4) is 0 Å². The van der Waals surface area contributed by atoms with Gasteiger partial charge in [-0.05, 0) is 27.1 Å². The number of sulfonamides is 1. The standard InChI is InChI=1S/C14H27N3O8S/c1-17(2)6-3-4-16-26(21,22)7-5-15-14(8-23-11-18,9-24-12-19)10-25-13-20/h11-13,15-16H,3-10H2,1-2H3. The van der Waals surface area contributed by atoms with Crippen molar-refractivity contribution >= 4 is 29.4 Å². The van der Waals surface area contributed by atoms with Crippen LogP contribution in [0.25, 0.3) is 0 Å². The maximum Gasteiger partial charge on any atom is 0.293 e. The molecule has 2 N–H and O–H groups in total. The lowest BCUT2D eigenvalue weighted by Gasteiger charge is -2.31. The molecule has 0 aliphatic carbocycles. The number of hydrogen-bond acceptors (Lipinski definition) is 10. The molecule has 0 spiro atoms. The quantitative estimate of drug-likeness (QED) is 0.147. The summed E-state index contributed by atoms with van der Waals surface area (Å²) >= 11 is 0. The molecule has 0 bridgehead atoms. The first-order valence-electron chi connectivity index (χ1n) is 7.83. The number of ether oxygens (including phenoxy) is 3. The van der Waals surface area contributed by atoms with Crippen LogP contribution >= 0.6 is 0 Å². The van der Waals surface area contributed by atoms with E-state index in [1.54, 1.807) is 0 Å². The van der Waals surface area contributed by atoms with Gasteiger partial charge in [-0.1, -0.05) is 0 Å². The minimum atomic E-state index is -3.53. The summed E-state index contributed by atoms with van der Waals surface area (Å²) in [7, 11) is 0.257. The van der Waals surface area contributed by atoms with Crippen LogP contribution in [0.2, 0.25) is 0 Å². The van der Waals surface area contributed by atoms with Gasteiger partial charge in [0.15, 0.2) is 0 Å². The summed E-state index contributed by atoms with van der Waals surface area (Å²) in [6, 6.07) is 0. The summed E-state index contributed by atoms with van der Waals surface area (Å²) in [5, 5.41) is 2.82. The van der Waals surface area contributed by atoms with E-state index in [4.69, 9.17) is 0 Å². The third-order valence-electron chi connectivity index (χ3n) is 3.26. The minimum Gasteiger partial charge on any atom is -0.466 e. The molecule has 0 unspecified atom stereocenters. The average Bonchev–Trinajstić information content (AvgIpc) is 2.59. The number of carbonyl (C=O) groups excluding carboxylic acids is 3. The maximum absolute atomic E-state index is 12.0. The fraction of sp³-hybridized carbons (Fsp3) is 0.786. The molecule has 0 aromatic carbocycles. The zero-order chi connectivity index (χ0) is 19.9. The lowest BCUT2D eigenvalue weighted by molar-refractivity contribution is -0.140. The first-order valence-corrected chi connectivity index (χ1v) is 9.49. The fourth-order valence-corrected chi connectivity index (χ4v) is 2.97. The van der Waals surface area contributed by atoms with Gasteiger partial charge in [-0.15, -0.1) is 0 Å². The molecule has 26 heavy (non-hydrogen) atoms. The van der Waals surface area contributed by atoms with E-state index in [9.17, 15) is 22.8 Å². The molecular formula is C14H27N3O8S. The van der Waals surface area contributed by atoms with E-state index in [-0.39, 0.29) is 51.5 Å². The number of carbonyl (C=O) groups is 3. The van der Waals surface area contributed by atoms with Gasteiger partial charge in [0.2, 0.25) is 10.0 Å². The van der Waals surface area contributed by atoms with Gasteiger partial charge in [0.1, 0.15) is 25.4 Å². The summed E-state index contributed by atoms with van der Waals surface area (Å²) in [5.74, 6) is -0.264. The highest BCUT2D eigenvalue weighted by Gasteiger charge is 2.33. The zero-order valence-electron chi connectivity index (χ0n) is 15.0. The SMILES string of the molecule is CN(C)CCCNS(=O)(=O)CCNC(COC=O)(COC=O)COC=O.